The third kappa shape index (κ3) is 2.56. The van der Waals surface area contributed by atoms with E-state index in [2.05, 4.69) is 32.2 Å². The van der Waals surface area contributed by atoms with Gasteiger partial charge in [0.2, 0.25) is 0 Å². The van der Waals surface area contributed by atoms with Crippen LogP contribution in [-0.2, 0) is 0 Å². The maximum Gasteiger partial charge on any atom is 0.141 e. The van der Waals surface area contributed by atoms with Crippen molar-refractivity contribution in [1.29, 1.82) is 5.26 Å². The molecule has 4 rings (SSSR count). The average Bonchev–Trinajstić information content (AvgIpc) is 3.31. The summed E-state index contributed by atoms with van der Waals surface area (Å²) in [5.41, 5.74) is 3.77. The number of H-pyrrole nitrogens is 1. The highest BCUT2D eigenvalue weighted by atomic mass is 15.3. The standard InChI is InChI=1S/C18H20N6/c1-12-8-15-17(20-11-21-18(15)23-12)14-9-22-24(10-14)16(6-7-19)13-4-2-3-5-13/h8-11,13,16H,2-6H2,1H3,(H,20,21,23). The molecule has 1 saturated carbocycles. The Kier molecular flexibility index (Phi) is 3.77. The molecule has 0 aliphatic heterocycles. The smallest absolute Gasteiger partial charge is 0.141 e. The van der Waals surface area contributed by atoms with Crippen LogP contribution >= 0.6 is 0 Å². The number of rotatable bonds is 4. The number of fused-ring (bicyclic) bond motifs is 1. The number of nitriles is 1. The largest absolute Gasteiger partial charge is 0.343 e. The van der Waals surface area contributed by atoms with Crippen molar-refractivity contribution in [3.63, 3.8) is 0 Å². The van der Waals surface area contributed by atoms with Gasteiger partial charge in [0.05, 0.1) is 30.4 Å². The van der Waals surface area contributed by atoms with Crippen LogP contribution in [0.4, 0.5) is 0 Å². The van der Waals surface area contributed by atoms with Crippen molar-refractivity contribution in [3.8, 4) is 17.3 Å². The second-order valence-electron chi connectivity index (χ2n) is 6.62. The molecule has 1 fully saturated rings. The van der Waals surface area contributed by atoms with Gasteiger partial charge in [0.25, 0.3) is 0 Å². The van der Waals surface area contributed by atoms with Gasteiger partial charge in [-0.15, -0.1) is 0 Å². The van der Waals surface area contributed by atoms with Gasteiger partial charge >= 0.3 is 0 Å². The van der Waals surface area contributed by atoms with E-state index in [0.717, 1.165) is 28.0 Å². The van der Waals surface area contributed by atoms with Gasteiger partial charge in [-0.05, 0) is 31.7 Å². The van der Waals surface area contributed by atoms with Crippen LogP contribution in [0.2, 0.25) is 0 Å². The Morgan fingerprint density at radius 2 is 2.21 bits per heavy atom. The summed E-state index contributed by atoms with van der Waals surface area (Å²) in [4.78, 5) is 12.0. The van der Waals surface area contributed by atoms with Crippen molar-refractivity contribution in [3.05, 3.63) is 30.5 Å². The van der Waals surface area contributed by atoms with Gasteiger partial charge in [0, 0.05) is 22.8 Å². The molecule has 3 aromatic rings. The third-order valence-electron chi connectivity index (χ3n) is 5.02. The summed E-state index contributed by atoms with van der Waals surface area (Å²) in [6, 6.07) is 4.56. The molecular formula is C18H20N6. The highest BCUT2D eigenvalue weighted by Gasteiger charge is 2.27. The Labute approximate surface area is 140 Å². The van der Waals surface area contributed by atoms with Gasteiger partial charge in [0.15, 0.2) is 0 Å². The molecule has 0 spiro atoms. The van der Waals surface area contributed by atoms with E-state index in [9.17, 15) is 5.26 Å². The van der Waals surface area contributed by atoms with E-state index in [4.69, 9.17) is 0 Å². The average molecular weight is 320 g/mol. The van der Waals surface area contributed by atoms with Crippen LogP contribution in [0.3, 0.4) is 0 Å². The number of hydrogen-bond donors (Lipinski definition) is 1. The molecule has 3 aromatic heterocycles. The molecule has 122 valence electrons. The first-order chi connectivity index (χ1) is 11.8. The number of aryl methyl sites for hydroxylation is 1. The molecule has 3 heterocycles. The van der Waals surface area contributed by atoms with Gasteiger partial charge in [-0.3, -0.25) is 4.68 Å². The molecule has 0 aromatic carbocycles. The molecule has 0 amide bonds. The Balaban J connectivity index is 1.71. The van der Waals surface area contributed by atoms with Crippen LogP contribution in [0.5, 0.6) is 0 Å². The number of aromatic amines is 1. The molecule has 1 N–H and O–H groups in total. The molecule has 24 heavy (non-hydrogen) atoms. The number of nitrogens with zero attached hydrogens (tertiary/aromatic N) is 5. The predicted octanol–water partition coefficient (Wildman–Crippen LogP) is 3.77. The van der Waals surface area contributed by atoms with E-state index in [0.29, 0.717) is 12.3 Å². The van der Waals surface area contributed by atoms with Crippen LogP contribution in [0.15, 0.2) is 24.8 Å². The SMILES string of the molecule is Cc1cc2c(-c3cnn(C(CC#N)C4CCCC4)c3)ncnc2[nH]1. The van der Waals surface area contributed by atoms with Crippen molar-refractivity contribution in [2.24, 2.45) is 5.92 Å². The fourth-order valence-corrected chi connectivity index (χ4v) is 3.85. The number of nitrogens with one attached hydrogen (secondary N) is 1. The third-order valence-corrected chi connectivity index (χ3v) is 5.02. The summed E-state index contributed by atoms with van der Waals surface area (Å²) in [5, 5.41) is 14.8. The summed E-state index contributed by atoms with van der Waals surface area (Å²) >= 11 is 0. The minimum Gasteiger partial charge on any atom is -0.343 e. The quantitative estimate of drug-likeness (QED) is 0.793. The van der Waals surface area contributed by atoms with Crippen LogP contribution in [0.25, 0.3) is 22.3 Å². The van der Waals surface area contributed by atoms with Gasteiger partial charge in [-0.1, -0.05) is 12.8 Å². The van der Waals surface area contributed by atoms with E-state index >= 15 is 0 Å². The first-order valence-electron chi connectivity index (χ1n) is 8.48. The van der Waals surface area contributed by atoms with Crippen LogP contribution in [0, 0.1) is 24.2 Å². The minimum atomic E-state index is 0.163. The molecule has 6 heteroatoms. The fourth-order valence-electron chi connectivity index (χ4n) is 3.85. The van der Waals surface area contributed by atoms with Gasteiger partial charge in [-0.2, -0.15) is 10.4 Å². The van der Waals surface area contributed by atoms with Crippen molar-refractivity contribution in [2.45, 2.75) is 45.1 Å². The Hall–Kier alpha value is -2.68. The van der Waals surface area contributed by atoms with Crippen LogP contribution in [0.1, 0.15) is 43.8 Å². The molecular weight excluding hydrogens is 300 g/mol. The zero-order valence-electron chi connectivity index (χ0n) is 13.7. The lowest BCUT2D eigenvalue weighted by atomic mass is 9.96. The Morgan fingerprint density at radius 3 is 3.00 bits per heavy atom. The molecule has 0 bridgehead atoms. The van der Waals surface area contributed by atoms with Gasteiger partial charge < -0.3 is 4.98 Å². The molecule has 1 unspecified atom stereocenters. The molecule has 0 radical (unpaired) electrons. The summed E-state index contributed by atoms with van der Waals surface area (Å²) in [6.45, 7) is 2.01. The fraction of sp³-hybridized carbons (Fsp3) is 0.444. The molecule has 1 aliphatic rings. The van der Waals surface area contributed by atoms with E-state index in [-0.39, 0.29) is 6.04 Å². The maximum atomic E-state index is 9.21. The van der Waals surface area contributed by atoms with Gasteiger partial charge in [-0.25, -0.2) is 9.97 Å². The van der Waals surface area contributed by atoms with Crippen LogP contribution in [-0.4, -0.2) is 24.7 Å². The zero-order chi connectivity index (χ0) is 16.5. The van der Waals surface area contributed by atoms with E-state index < -0.39 is 0 Å². The monoisotopic (exact) mass is 320 g/mol. The second-order valence-corrected chi connectivity index (χ2v) is 6.62. The van der Waals surface area contributed by atoms with E-state index in [1.54, 1.807) is 6.33 Å². The molecule has 1 atom stereocenters. The zero-order valence-corrected chi connectivity index (χ0v) is 13.7. The Morgan fingerprint density at radius 1 is 1.38 bits per heavy atom. The van der Waals surface area contributed by atoms with Crippen LogP contribution < -0.4 is 0 Å². The highest BCUT2D eigenvalue weighted by Crippen LogP contribution is 2.36. The highest BCUT2D eigenvalue weighted by molar-refractivity contribution is 5.90. The predicted molar refractivity (Wildman–Crippen MR) is 91.1 cm³/mol. The van der Waals surface area contributed by atoms with Crippen molar-refractivity contribution >= 4 is 11.0 Å². The van der Waals surface area contributed by atoms with Crippen molar-refractivity contribution in [1.82, 2.24) is 24.7 Å². The molecule has 0 saturated heterocycles. The first-order valence-corrected chi connectivity index (χ1v) is 8.48. The summed E-state index contributed by atoms with van der Waals surface area (Å²) in [7, 11) is 0. The number of hydrogen-bond acceptors (Lipinski definition) is 4. The number of aromatic nitrogens is 5. The lowest BCUT2D eigenvalue weighted by Crippen LogP contribution is -2.17. The van der Waals surface area contributed by atoms with E-state index in [1.165, 1.54) is 25.7 Å². The Bertz CT molecular complexity index is 894. The molecule has 1 aliphatic carbocycles. The van der Waals surface area contributed by atoms with Crippen molar-refractivity contribution < 1.29 is 0 Å². The lowest BCUT2D eigenvalue weighted by molar-refractivity contribution is 0.315. The minimum absolute atomic E-state index is 0.163. The summed E-state index contributed by atoms with van der Waals surface area (Å²) in [6.07, 6.45) is 10.9. The van der Waals surface area contributed by atoms with E-state index in [1.807, 2.05) is 24.0 Å². The van der Waals surface area contributed by atoms with Gasteiger partial charge in [0.1, 0.15) is 12.0 Å². The summed E-state index contributed by atoms with van der Waals surface area (Å²) in [5.74, 6) is 0.553. The lowest BCUT2D eigenvalue weighted by Gasteiger charge is -2.21. The van der Waals surface area contributed by atoms with Crippen molar-refractivity contribution in [2.75, 3.05) is 0 Å². The topological polar surface area (TPSA) is 83.2 Å². The normalized spacial score (nSPS) is 16.5. The summed E-state index contributed by atoms with van der Waals surface area (Å²) < 4.78 is 1.97. The molecule has 6 nitrogen and oxygen atoms in total. The maximum absolute atomic E-state index is 9.21. The first kappa shape index (κ1) is 14.9. The second kappa shape index (κ2) is 6.08.